The molecule has 0 aromatic rings. The molecule has 1 aliphatic heterocycles. The minimum absolute atomic E-state index is 0.0853. The van der Waals surface area contributed by atoms with E-state index in [0.717, 1.165) is 19.3 Å². The quantitative estimate of drug-likeness (QED) is 0.364. The van der Waals surface area contributed by atoms with E-state index in [9.17, 15) is 4.79 Å². The minimum Gasteiger partial charge on any atom is -0.458 e. The Morgan fingerprint density at radius 1 is 1.41 bits per heavy atom. The smallest absolute Gasteiger partial charge is 0.334 e. The predicted octanol–water partition coefficient (Wildman–Crippen LogP) is 3.24. The third-order valence-electron chi connectivity index (χ3n) is 5.15. The Balaban J connectivity index is 1.91. The lowest BCUT2D eigenvalue weighted by molar-refractivity contribution is -0.142. The van der Waals surface area contributed by atoms with Crippen LogP contribution in [0.2, 0.25) is 0 Å². The average Bonchev–Trinajstić information content (AvgIpc) is 2.52. The summed E-state index contributed by atoms with van der Waals surface area (Å²) in [4.78, 5) is 11.6. The summed E-state index contributed by atoms with van der Waals surface area (Å²) in [5.41, 5.74) is 2.36. The zero-order valence-corrected chi connectivity index (χ0v) is 10.5. The lowest BCUT2D eigenvalue weighted by Crippen LogP contribution is -2.43. The van der Waals surface area contributed by atoms with Crippen molar-refractivity contribution in [3.63, 3.8) is 0 Å². The number of carbonyl (C=O) groups is 1. The van der Waals surface area contributed by atoms with E-state index in [0.29, 0.717) is 16.9 Å². The topological polar surface area (TPSA) is 26.3 Å². The van der Waals surface area contributed by atoms with Gasteiger partial charge in [0.1, 0.15) is 6.10 Å². The first-order valence-corrected chi connectivity index (χ1v) is 6.59. The van der Waals surface area contributed by atoms with Crippen LogP contribution in [0.25, 0.3) is 0 Å². The lowest BCUT2D eigenvalue weighted by Gasteiger charge is -2.49. The van der Waals surface area contributed by atoms with Crippen LogP contribution in [0.1, 0.15) is 39.0 Å². The number of rotatable bonds is 0. The van der Waals surface area contributed by atoms with Crippen molar-refractivity contribution in [1.29, 1.82) is 0 Å². The minimum atomic E-state index is -0.173. The average molecular weight is 232 g/mol. The predicted molar refractivity (Wildman–Crippen MR) is 66.3 cm³/mol. The molecule has 3 aliphatic rings. The maximum Gasteiger partial charge on any atom is 0.334 e. The zero-order valence-electron chi connectivity index (χ0n) is 10.5. The number of allylic oxidation sites excluding steroid dienone is 1. The summed E-state index contributed by atoms with van der Waals surface area (Å²) in [6.45, 7) is 10.5. The molecule has 2 saturated carbocycles. The highest BCUT2D eigenvalue weighted by Crippen LogP contribution is 2.56. The van der Waals surface area contributed by atoms with Crippen LogP contribution in [0.4, 0.5) is 0 Å². The molecular formula is C15H20O2. The van der Waals surface area contributed by atoms with Crippen LogP contribution < -0.4 is 0 Å². The Morgan fingerprint density at radius 2 is 2.18 bits per heavy atom. The lowest BCUT2D eigenvalue weighted by atomic mass is 9.56. The fourth-order valence-electron chi connectivity index (χ4n) is 4.12. The van der Waals surface area contributed by atoms with Gasteiger partial charge in [-0.2, -0.15) is 0 Å². The summed E-state index contributed by atoms with van der Waals surface area (Å²) in [6.07, 6.45) is 5.72. The molecule has 0 aromatic heterocycles. The van der Waals surface area contributed by atoms with Gasteiger partial charge < -0.3 is 4.74 Å². The molecule has 0 unspecified atom stereocenters. The molecular weight excluding hydrogens is 212 g/mol. The van der Waals surface area contributed by atoms with Gasteiger partial charge in [-0.25, -0.2) is 4.79 Å². The molecule has 92 valence electrons. The van der Waals surface area contributed by atoms with E-state index in [2.05, 4.69) is 20.1 Å². The maximum absolute atomic E-state index is 11.6. The molecule has 0 bridgehead atoms. The van der Waals surface area contributed by atoms with Gasteiger partial charge in [-0.15, -0.1) is 0 Å². The van der Waals surface area contributed by atoms with Crippen molar-refractivity contribution in [3.8, 4) is 0 Å². The van der Waals surface area contributed by atoms with E-state index >= 15 is 0 Å². The Hall–Kier alpha value is -1.05. The summed E-state index contributed by atoms with van der Waals surface area (Å²) in [6, 6.07) is 0. The molecule has 0 amide bonds. The van der Waals surface area contributed by atoms with Crippen LogP contribution in [-0.4, -0.2) is 12.1 Å². The van der Waals surface area contributed by atoms with E-state index in [1.54, 1.807) is 0 Å². The van der Waals surface area contributed by atoms with Crippen LogP contribution in [0.3, 0.4) is 0 Å². The SMILES string of the molecule is C=C1C(=O)O[C@@H]2C[C@@]3(C)CCCC(=C)[C@H]3C[C@H]12. The Morgan fingerprint density at radius 3 is 2.94 bits per heavy atom. The normalized spacial score (nSPS) is 45.2. The second kappa shape index (κ2) is 3.47. The number of hydrogen-bond donors (Lipinski definition) is 0. The summed E-state index contributed by atoms with van der Waals surface area (Å²) in [7, 11) is 0. The van der Waals surface area contributed by atoms with Crippen molar-refractivity contribution in [2.75, 3.05) is 0 Å². The van der Waals surface area contributed by atoms with Crippen molar-refractivity contribution in [2.24, 2.45) is 17.3 Å². The van der Waals surface area contributed by atoms with Crippen molar-refractivity contribution < 1.29 is 9.53 Å². The number of fused-ring (bicyclic) bond motifs is 2. The van der Waals surface area contributed by atoms with Crippen LogP contribution in [-0.2, 0) is 9.53 Å². The number of carbonyl (C=O) groups excluding carboxylic acids is 1. The largest absolute Gasteiger partial charge is 0.458 e. The van der Waals surface area contributed by atoms with Gasteiger partial charge >= 0.3 is 5.97 Å². The van der Waals surface area contributed by atoms with Gasteiger partial charge in [0, 0.05) is 11.5 Å². The first-order chi connectivity index (χ1) is 8.01. The van der Waals surface area contributed by atoms with Gasteiger partial charge in [0.2, 0.25) is 0 Å². The Kier molecular flexibility index (Phi) is 2.26. The molecule has 0 spiro atoms. The molecule has 1 saturated heterocycles. The van der Waals surface area contributed by atoms with Gasteiger partial charge in [-0.1, -0.05) is 25.7 Å². The number of hydrogen-bond acceptors (Lipinski definition) is 2. The van der Waals surface area contributed by atoms with Gasteiger partial charge in [-0.3, -0.25) is 0 Å². The Bertz CT molecular complexity index is 409. The van der Waals surface area contributed by atoms with Gasteiger partial charge in [0.25, 0.3) is 0 Å². The van der Waals surface area contributed by atoms with E-state index in [1.807, 2.05) is 0 Å². The summed E-state index contributed by atoms with van der Waals surface area (Å²) in [5.74, 6) is 0.632. The van der Waals surface area contributed by atoms with E-state index in [1.165, 1.54) is 18.4 Å². The third kappa shape index (κ3) is 1.50. The van der Waals surface area contributed by atoms with Crippen LogP contribution in [0.5, 0.6) is 0 Å². The van der Waals surface area contributed by atoms with Gasteiger partial charge in [0.15, 0.2) is 0 Å². The summed E-state index contributed by atoms with van der Waals surface area (Å²) in [5, 5.41) is 0. The molecule has 1 heterocycles. The summed E-state index contributed by atoms with van der Waals surface area (Å²) < 4.78 is 5.46. The van der Waals surface area contributed by atoms with E-state index in [4.69, 9.17) is 4.74 Å². The van der Waals surface area contributed by atoms with Crippen LogP contribution in [0, 0.1) is 17.3 Å². The van der Waals surface area contributed by atoms with Crippen LogP contribution >= 0.6 is 0 Å². The number of esters is 1. The monoisotopic (exact) mass is 232 g/mol. The fraction of sp³-hybridized carbons (Fsp3) is 0.667. The van der Waals surface area contributed by atoms with E-state index in [-0.39, 0.29) is 18.0 Å². The number of ether oxygens (including phenoxy) is 1. The molecule has 2 heteroatoms. The van der Waals surface area contributed by atoms with Crippen molar-refractivity contribution >= 4 is 5.97 Å². The van der Waals surface area contributed by atoms with Crippen molar-refractivity contribution in [2.45, 2.75) is 45.1 Å². The second-order valence-electron chi connectivity index (χ2n) is 6.23. The van der Waals surface area contributed by atoms with Gasteiger partial charge in [0.05, 0.1) is 0 Å². The molecule has 0 N–H and O–H groups in total. The van der Waals surface area contributed by atoms with Gasteiger partial charge in [-0.05, 0) is 43.4 Å². The standard InChI is InChI=1S/C15H20O2/c1-9-5-4-6-15(3)8-13-11(7-12(9)15)10(2)14(16)17-13/h11-13H,1-2,4-8H2,3H3/t11-,12-,13-,15-/m1/s1. The first-order valence-electron chi connectivity index (χ1n) is 6.59. The third-order valence-corrected chi connectivity index (χ3v) is 5.15. The molecule has 17 heavy (non-hydrogen) atoms. The summed E-state index contributed by atoms with van der Waals surface area (Å²) >= 11 is 0. The highest BCUT2D eigenvalue weighted by molar-refractivity contribution is 5.90. The maximum atomic E-state index is 11.6. The van der Waals surface area contributed by atoms with E-state index < -0.39 is 0 Å². The second-order valence-corrected chi connectivity index (χ2v) is 6.23. The molecule has 4 atom stereocenters. The molecule has 3 fully saturated rings. The van der Waals surface area contributed by atoms with Crippen LogP contribution in [0.15, 0.2) is 24.3 Å². The fourth-order valence-corrected chi connectivity index (χ4v) is 4.12. The molecule has 0 aromatic carbocycles. The molecule has 2 aliphatic carbocycles. The van der Waals surface area contributed by atoms with Crippen molar-refractivity contribution in [1.82, 2.24) is 0 Å². The Labute approximate surface area is 103 Å². The molecule has 3 rings (SSSR count). The molecule has 0 radical (unpaired) electrons. The first kappa shape index (κ1) is 11.1. The van der Waals surface area contributed by atoms with Crippen molar-refractivity contribution in [3.05, 3.63) is 24.3 Å². The zero-order chi connectivity index (χ0) is 12.2. The molecule has 2 nitrogen and oxygen atoms in total. The highest BCUT2D eigenvalue weighted by Gasteiger charge is 2.52. The highest BCUT2D eigenvalue weighted by atomic mass is 16.6.